The Hall–Kier alpha value is -0.650. The first-order valence-corrected chi connectivity index (χ1v) is 4.22. The number of aliphatic hydroxyl groups excluding tert-OH is 2. The number of likely N-dealkylation sites (tertiary alicyclic amines) is 1. The lowest BCUT2D eigenvalue weighted by Gasteiger charge is -2.26. The molecule has 0 aromatic heterocycles. The molecule has 3 unspecified atom stereocenters. The van der Waals surface area contributed by atoms with Crippen LogP contribution >= 0.6 is 0 Å². The Morgan fingerprint density at radius 1 is 1.69 bits per heavy atom. The normalized spacial score (nSPS) is 33.8. The number of amides is 1. The lowest BCUT2D eigenvalue weighted by Crippen LogP contribution is -2.44. The second kappa shape index (κ2) is 4.04. The Bertz CT molecular complexity index is 197. The molecule has 5 heteroatoms. The lowest BCUT2D eigenvalue weighted by atomic mass is 10.2. The van der Waals surface area contributed by atoms with Crippen LogP contribution in [0.2, 0.25) is 0 Å². The van der Waals surface area contributed by atoms with Crippen molar-refractivity contribution in [1.29, 1.82) is 0 Å². The quantitative estimate of drug-likeness (QED) is 0.580. The molecule has 0 bridgehead atoms. The summed E-state index contributed by atoms with van der Waals surface area (Å²) in [6.45, 7) is 1.18. The predicted molar refractivity (Wildman–Crippen MR) is 44.8 cm³/mol. The molecule has 1 saturated heterocycles. The van der Waals surface area contributed by atoms with E-state index in [4.69, 9.17) is 9.84 Å². The van der Waals surface area contributed by atoms with Crippen LogP contribution in [-0.4, -0.2) is 53.1 Å². The second-order valence-corrected chi connectivity index (χ2v) is 3.17. The highest BCUT2D eigenvalue weighted by molar-refractivity contribution is 5.74. The van der Waals surface area contributed by atoms with E-state index < -0.39 is 12.3 Å². The predicted octanol–water partition coefficient (Wildman–Crippen LogP) is -1.07. The van der Waals surface area contributed by atoms with Gasteiger partial charge in [0.25, 0.3) is 0 Å². The fraction of sp³-hybridized carbons (Fsp3) is 0.875. The molecular weight excluding hydrogens is 174 g/mol. The molecule has 0 radical (unpaired) electrons. The Morgan fingerprint density at radius 3 is 2.69 bits per heavy atom. The van der Waals surface area contributed by atoms with Gasteiger partial charge < -0.3 is 19.8 Å². The van der Waals surface area contributed by atoms with Crippen LogP contribution in [-0.2, 0) is 9.53 Å². The molecule has 1 fully saturated rings. The van der Waals surface area contributed by atoms with Crippen molar-refractivity contribution in [3.8, 4) is 0 Å². The molecule has 1 amide bonds. The first kappa shape index (κ1) is 10.4. The zero-order chi connectivity index (χ0) is 10.0. The van der Waals surface area contributed by atoms with Crippen molar-refractivity contribution in [2.24, 2.45) is 0 Å². The minimum absolute atomic E-state index is 0.185. The summed E-state index contributed by atoms with van der Waals surface area (Å²) < 4.78 is 5.05. The topological polar surface area (TPSA) is 70.0 Å². The molecule has 1 aliphatic heterocycles. The first-order chi connectivity index (χ1) is 6.11. The summed E-state index contributed by atoms with van der Waals surface area (Å²) in [5.74, 6) is -0.244. The van der Waals surface area contributed by atoms with Crippen molar-refractivity contribution >= 4 is 5.91 Å². The van der Waals surface area contributed by atoms with Crippen LogP contribution in [0.1, 0.15) is 13.3 Å². The van der Waals surface area contributed by atoms with Crippen LogP contribution in [0.5, 0.6) is 0 Å². The number of aliphatic hydroxyl groups is 2. The minimum atomic E-state index is -0.834. The van der Waals surface area contributed by atoms with Gasteiger partial charge in [-0.1, -0.05) is 0 Å². The molecule has 2 N–H and O–H groups in total. The van der Waals surface area contributed by atoms with Gasteiger partial charge in [0.15, 0.2) is 0 Å². The van der Waals surface area contributed by atoms with Crippen molar-refractivity contribution < 1.29 is 19.7 Å². The van der Waals surface area contributed by atoms with E-state index >= 15 is 0 Å². The smallest absolute Gasteiger partial charge is 0.221 e. The summed E-state index contributed by atoms with van der Waals surface area (Å²) in [5, 5.41) is 18.5. The molecule has 13 heavy (non-hydrogen) atoms. The van der Waals surface area contributed by atoms with E-state index in [1.807, 2.05) is 0 Å². The van der Waals surface area contributed by atoms with Crippen molar-refractivity contribution in [2.75, 3.05) is 13.7 Å². The molecule has 0 aromatic rings. The zero-order valence-electron chi connectivity index (χ0n) is 7.80. The summed E-state index contributed by atoms with van der Waals surface area (Å²) in [4.78, 5) is 12.3. The Morgan fingerprint density at radius 2 is 2.31 bits per heavy atom. The zero-order valence-corrected chi connectivity index (χ0v) is 7.80. The Balaban J connectivity index is 2.76. The SMILES string of the molecule is COC1CC(O)N(C(C)=O)C1CO. The molecule has 1 rings (SSSR count). The second-order valence-electron chi connectivity index (χ2n) is 3.17. The largest absolute Gasteiger partial charge is 0.394 e. The number of hydrogen-bond acceptors (Lipinski definition) is 4. The monoisotopic (exact) mass is 189 g/mol. The van der Waals surface area contributed by atoms with E-state index in [2.05, 4.69) is 0 Å². The van der Waals surface area contributed by atoms with E-state index in [0.717, 1.165) is 0 Å². The van der Waals surface area contributed by atoms with Crippen molar-refractivity contribution in [3.05, 3.63) is 0 Å². The third-order valence-electron chi connectivity index (χ3n) is 2.40. The number of carbonyl (C=O) groups excluding carboxylic acids is 1. The van der Waals surface area contributed by atoms with Gasteiger partial charge in [-0.05, 0) is 0 Å². The van der Waals surface area contributed by atoms with Crippen molar-refractivity contribution in [3.63, 3.8) is 0 Å². The van der Waals surface area contributed by atoms with Gasteiger partial charge in [-0.2, -0.15) is 0 Å². The minimum Gasteiger partial charge on any atom is -0.394 e. The van der Waals surface area contributed by atoms with E-state index in [-0.39, 0.29) is 18.6 Å². The third kappa shape index (κ3) is 1.82. The summed E-state index contributed by atoms with van der Waals surface area (Å²) in [6, 6.07) is -0.419. The van der Waals surface area contributed by atoms with E-state index in [9.17, 15) is 9.90 Å². The van der Waals surface area contributed by atoms with Gasteiger partial charge in [0.05, 0.1) is 18.8 Å². The van der Waals surface area contributed by atoms with E-state index in [1.54, 1.807) is 0 Å². The maximum atomic E-state index is 11.1. The van der Waals surface area contributed by atoms with Crippen LogP contribution < -0.4 is 0 Å². The molecule has 5 nitrogen and oxygen atoms in total. The summed E-state index contributed by atoms with van der Waals surface area (Å²) in [5.41, 5.74) is 0. The molecule has 3 atom stereocenters. The highest BCUT2D eigenvalue weighted by Crippen LogP contribution is 2.24. The van der Waals surface area contributed by atoms with Gasteiger partial charge in [-0.3, -0.25) is 4.79 Å². The molecule has 0 aromatic carbocycles. The van der Waals surface area contributed by atoms with Gasteiger partial charge in [-0.25, -0.2) is 0 Å². The molecule has 0 saturated carbocycles. The van der Waals surface area contributed by atoms with Crippen LogP contribution in [0.3, 0.4) is 0 Å². The number of rotatable bonds is 2. The first-order valence-electron chi connectivity index (χ1n) is 4.22. The summed E-state index contributed by atoms with van der Waals surface area (Å²) >= 11 is 0. The van der Waals surface area contributed by atoms with Gasteiger partial charge in [-0.15, -0.1) is 0 Å². The highest BCUT2D eigenvalue weighted by atomic mass is 16.5. The fourth-order valence-electron chi connectivity index (χ4n) is 1.78. The third-order valence-corrected chi connectivity index (χ3v) is 2.40. The van der Waals surface area contributed by atoms with Gasteiger partial charge in [0.2, 0.25) is 5.91 Å². The fourth-order valence-corrected chi connectivity index (χ4v) is 1.78. The maximum Gasteiger partial charge on any atom is 0.221 e. The van der Waals surface area contributed by atoms with E-state index in [1.165, 1.54) is 18.9 Å². The number of methoxy groups -OCH3 is 1. The molecule has 1 heterocycles. The average molecular weight is 189 g/mol. The summed E-state index contributed by atoms with van der Waals surface area (Å²) in [7, 11) is 1.50. The van der Waals surface area contributed by atoms with Crippen LogP contribution in [0, 0.1) is 0 Å². The highest BCUT2D eigenvalue weighted by Gasteiger charge is 2.41. The van der Waals surface area contributed by atoms with Crippen molar-refractivity contribution in [1.82, 2.24) is 4.90 Å². The number of nitrogens with zero attached hydrogens (tertiary/aromatic N) is 1. The maximum absolute atomic E-state index is 11.1. The number of hydrogen-bond donors (Lipinski definition) is 2. The standard InChI is InChI=1S/C8H15NO4/c1-5(11)9-6(4-10)7(13-2)3-8(9)12/h6-8,10,12H,3-4H2,1-2H3. The van der Waals surface area contributed by atoms with E-state index in [0.29, 0.717) is 6.42 Å². The molecule has 76 valence electrons. The Labute approximate surface area is 76.9 Å². The molecule has 0 aliphatic carbocycles. The van der Waals surface area contributed by atoms with Gasteiger partial charge in [0.1, 0.15) is 6.23 Å². The number of carbonyl (C=O) groups is 1. The molecule has 1 aliphatic rings. The van der Waals surface area contributed by atoms with Gasteiger partial charge in [0, 0.05) is 20.5 Å². The average Bonchev–Trinajstić information content (AvgIpc) is 2.41. The Kier molecular flexibility index (Phi) is 3.24. The molecule has 0 spiro atoms. The van der Waals surface area contributed by atoms with Gasteiger partial charge >= 0.3 is 0 Å². The molecular formula is C8H15NO4. The summed E-state index contributed by atoms with van der Waals surface area (Å²) in [6.07, 6.45) is -0.745. The number of ether oxygens (including phenoxy) is 1. The van der Waals surface area contributed by atoms with Crippen LogP contribution in [0.4, 0.5) is 0 Å². The van der Waals surface area contributed by atoms with Crippen LogP contribution in [0.25, 0.3) is 0 Å². The van der Waals surface area contributed by atoms with Crippen molar-refractivity contribution in [2.45, 2.75) is 31.7 Å². The lowest BCUT2D eigenvalue weighted by molar-refractivity contribution is -0.140. The van der Waals surface area contributed by atoms with Crippen LogP contribution in [0.15, 0.2) is 0 Å².